The number of carbonyl (C=O) groups is 1. The van der Waals surface area contributed by atoms with Gasteiger partial charge in [-0.2, -0.15) is 5.10 Å². The molecule has 14 heavy (non-hydrogen) atoms. The average molecular weight is 204 g/mol. The predicted octanol–water partition coefficient (Wildman–Crippen LogP) is 1.86. The summed E-state index contributed by atoms with van der Waals surface area (Å²) in [5, 5.41) is 12.2. The molecule has 0 fully saturated rings. The molecule has 0 amide bonds. The Morgan fingerprint density at radius 3 is 2.71 bits per heavy atom. The molecule has 0 saturated heterocycles. The maximum atomic E-state index is 12.1. The number of hydrogen-bond donors (Lipinski definition) is 1. The first-order chi connectivity index (χ1) is 6.56. The van der Waals surface area contributed by atoms with E-state index in [9.17, 15) is 13.6 Å². The van der Waals surface area contributed by atoms with Gasteiger partial charge >= 0.3 is 5.97 Å². The lowest BCUT2D eigenvalue weighted by Crippen LogP contribution is -2.18. The molecule has 6 heteroatoms. The molecule has 0 radical (unpaired) electrons. The van der Waals surface area contributed by atoms with Crippen LogP contribution in [0.4, 0.5) is 8.78 Å². The number of carboxylic acid groups (broad SMARTS) is 1. The number of carboxylic acids is 1. The molecule has 1 atom stereocenters. The van der Waals surface area contributed by atoms with Crippen molar-refractivity contribution in [2.45, 2.75) is 25.8 Å². The molecule has 78 valence electrons. The highest BCUT2D eigenvalue weighted by atomic mass is 19.3. The second-order valence-electron chi connectivity index (χ2n) is 2.78. The van der Waals surface area contributed by atoms with Gasteiger partial charge in [-0.1, -0.05) is 6.92 Å². The van der Waals surface area contributed by atoms with E-state index >= 15 is 0 Å². The van der Waals surface area contributed by atoms with Crippen molar-refractivity contribution in [2.75, 3.05) is 0 Å². The summed E-state index contributed by atoms with van der Waals surface area (Å²) in [5.41, 5.74) is -0.398. The van der Waals surface area contributed by atoms with Crippen molar-refractivity contribution >= 4 is 5.97 Å². The van der Waals surface area contributed by atoms with Crippen molar-refractivity contribution in [1.29, 1.82) is 0 Å². The van der Waals surface area contributed by atoms with Crippen molar-refractivity contribution in [3.05, 3.63) is 18.0 Å². The molecule has 1 heterocycles. The Morgan fingerprint density at radius 1 is 1.71 bits per heavy atom. The Labute approximate surface area is 79.2 Å². The van der Waals surface area contributed by atoms with Crippen LogP contribution in [0, 0.1) is 0 Å². The summed E-state index contributed by atoms with van der Waals surface area (Å²) < 4.78 is 25.3. The van der Waals surface area contributed by atoms with Gasteiger partial charge in [-0.05, 0) is 12.5 Å². The SMILES string of the molecule is CC[C@@H](C(=O)O)n1ccc(C(F)F)n1. The minimum atomic E-state index is -2.66. The highest BCUT2D eigenvalue weighted by Gasteiger charge is 2.20. The molecule has 1 aromatic heterocycles. The molecule has 0 aliphatic rings. The van der Waals surface area contributed by atoms with Gasteiger partial charge in [0.2, 0.25) is 0 Å². The fourth-order valence-electron chi connectivity index (χ4n) is 1.12. The Hall–Kier alpha value is -1.46. The van der Waals surface area contributed by atoms with Crippen LogP contribution in [0.5, 0.6) is 0 Å². The maximum absolute atomic E-state index is 12.1. The lowest BCUT2D eigenvalue weighted by molar-refractivity contribution is -0.141. The largest absolute Gasteiger partial charge is 0.480 e. The van der Waals surface area contributed by atoms with Crippen LogP contribution in [0.2, 0.25) is 0 Å². The Morgan fingerprint density at radius 2 is 2.36 bits per heavy atom. The van der Waals surface area contributed by atoms with Crippen LogP contribution in [0.3, 0.4) is 0 Å². The summed E-state index contributed by atoms with van der Waals surface area (Å²) in [7, 11) is 0. The molecular formula is C8H10F2N2O2. The van der Waals surface area contributed by atoms with Gasteiger partial charge < -0.3 is 5.11 Å². The van der Waals surface area contributed by atoms with Crippen molar-refractivity contribution in [1.82, 2.24) is 9.78 Å². The van der Waals surface area contributed by atoms with Crippen LogP contribution in [-0.4, -0.2) is 20.9 Å². The van der Waals surface area contributed by atoms with Gasteiger partial charge in [0, 0.05) is 6.20 Å². The second-order valence-corrected chi connectivity index (χ2v) is 2.78. The molecule has 0 bridgehead atoms. The monoisotopic (exact) mass is 204 g/mol. The molecule has 0 spiro atoms. The van der Waals surface area contributed by atoms with Gasteiger partial charge in [0.15, 0.2) is 0 Å². The maximum Gasteiger partial charge on any atom is 0.328 e. The fraction of sp³-hybridized carbons (Fsp3) is 0.500. The first-order valence-corrected chi connectivity index (χ1v) is 4.12. The quantitative estimate of drug-likeness (QED) is 0.814. The van der Waals surface area contributed by atoms with E-state index in [4.69, 9.17) is 5.11 Å². The van der Waals surface area contributed by atoms with Crippen molar-refractivity contribution in [3.8, 4) is 0 Å². The zero-order valence-electron chi connectivity index (χ0n) is 7.52. The van der Waals surface area contributed by atoms with E-state index in [1.54, 1.807) is 6.92 Å². The minimum Gasteiger partial charge on any atom is -0.480 e. The number of hydrogen-bond acceptors (Lipinski definition) is 2. The predicted molar refractivity (Wildman–Crippen MR) is 44.1 cm³/mol. The van der Waals surface area contributed by atoms with Crippen LogP contribution < -0.4 is 0 Å². The van der Waals surface area contributed by atoms with Gasteiger partial charge in [0.05, 0.1) is 0 Å². The van der Waals surface area contributed by atoms with E-state index in [0.717, 1.165) is 10.7 Å². The van der Waals surface area contributed by atoms with Gasteiger partial charge in [0.1, 0.15) is 11.7 Å². The van der Waals surface area contributed by atoms with Crippen molar-refractivity contribution in [2.24, 2.45) is 0 Å². The smallest absolute Gasteiger partial charge is 0.328 e. The van der Waals surface area contributed by atoms with E-state index in [2.05, 4.69) is 5.10 Å². The van der Waals surface area contributed by atoms with Crippen molar-refractivity contribution < 1.29 is 18.7 Å². The molecule has 1 aromatic rings. The Kier molecular flexibility index (Phi) is 3.16. The molecule has 4 nitrogen and oxygen atoms in total. The fourth-order valence-corrected chi connectivity index (χ4v) is 1.12. The molecule has 0 aromatic carbocycles. The summed E-state index contributed by atoms with van der Waals surface area (Å²) in [6.07, 6.45) is -1.11. The summed E-state index contributed by atoms with van der Waals surface area (Å²) in [6.45, 7) is 1.66. The topological polar surface area (TPSA) is 55.1 Å². The summed E-state index contributed by atoms with van der Waals surface area (Å²) in [5.74, 6) is -1.07. The molecule has 0 unspecified atom stereocenters. The number of halogens is 2. The van der Waals surface area contributed by atoms with E-state index in [0.29, 0.717) is 6.42 Å². The van der Waals surface area contributed by atoms with Crippen molar-refractivity contribution in [3.63, 3.8) is 0 Å². The molecule has 0 saturated carbocycles. The summed E-state index contributed by atoms with van der Waals surface area (Å²) in [4.78, 5) is 10.7. The molecular weight excluding hydrogens is 194 g/mol. The number of rotatable bonds is 4. The Bertz CT molecular complexity index is 325. The first kappa shape index (κ1) is 10.6. The lowest BCUT2D eigenvalue weighted by Gasteiger charge is -2.09. The van der Waals surface area contributed by atoms with E-state index < -0.39 is 24.1 Å². The summed E-state index contributed by atoms with van der Waals surface area (Å²) in [6, 6.07) is 0.249. The highest BCUT2D eigenvalue weighted by molar-refractivity contribution is 5.71. The van der Waals surface area contributed by atoms with Crippen LogP contribution >= 0.6 is 0 Å². The highest BCUT2D eigenvalue weighted by Crippen LogP contribution is 2.18. The van der Waals surface area contributed by atoms with Crippen LogP contribution in [0.1, 0.15) is 31.5 Å². The molecule has 0 aliphatic heterocycles. The Balaban J connectivity index is 2.89. The number of aromatic nitrogens is 2. The molecule has 1 rings (SSSR count). The summed E-state index contributed by atoms with van der Waals surface area (Å²) >= 11 is 0. The minimum absolute atomic E-state index is 0.305. The molecule has 1 N–H and O–H groups in total. The standard InChI is InChI=1S/C8H10F2N2O2/c1-2-6(8(13)14)12-4-3-5(11-12)7(9)10/h3-4,6-7H,2H2,1H3,(H,13,14)/t6-/m0/s1. The number of alkyl halides is 2. The zero-order valence-corrected chi connectivity index (χ0v) is 7.52. The van der Waals surface area contributed by atoms with Gasteiger partial charge in [0.25, 0.3) is 6.43 Å². The second kappa shape index (κ2) is 4.17. The number of aliphatic carboxylic acids is 1. The van der Waals surface area contributed by atoms with Gasteiger partial charge in [-0.3, -0.25) is 4.68 Å². The third-order valence-corrected chi connectivity index (χ3v) is 1.84. The zero-order chi connectivity index (χ0) is 10.7. The van der Waals surface area contributed by atoms with Crippen LogP contribution in [0.15, 0.2) is 12.3 Å². The van der Waals surface area contributed by atoms with E-state index in [1.165, 1.54) is 6.20 Å². The number of nitrogens with zero attached hydrogens (tertiary/aromatic N) is 2. The third kappa shape index (κ3) is 2.07. The van der Waals surface area contributed by atoms with E-state index in [1.807, 2.05) is 0 Å². The lowest BCUT2D eigenvalue weighted by atomic mass is 10.2. The first-order valence-electron chi connectivity index (χ1n) is 4.12. The third-order valence-electron chi connectivity index (χ3n) is 1.84. The van der Waals surface area contributed by atoms with Gasteiger partial charge in [-0.15, -0.1) is 0 Å². The molecule has 0 aliphatic carbocycles. The van der Waals surface area contributed by atoms with E-state index in [-0.39, 0.29) is 0 Å². The van der Waals surface area contributed by atoms with Gasteiger partial charge in [-0.25, -0.2) is 13.6 Å². The normalized spacial score (nSPS) is 13.1. The average Bonchev–Trinajstić information content (AvgIpc) is 2.53. The van der Waals surface area contributed by atoms with Crippen LogP contribution in [-0.2, 0) is 4.79 Å². The van der Waals surface area contributed by atoms with Crippen LogP contribution in [0.25, 0.3) is 0 Å².